The van der Waals surface area contributed by atoms with Crippen LogP contribution < -0.4 is 15.5 Å². The molecular formula is C25H31ClFN9O. The summed E-state index contributed by atoms with van der Waals surface area (Å²) in [6.45, 7) is 9.76. The third-order valence-electron chi connectivity index (χ3n) is 6.81. The number of carbonyl (C=O) groups is 1. The predicted octanol–water partition coefficient (Wildman–Crippen LogP) is 3.51. The van der Waals surface area contributed by atoms with Gasteiger partial charge in [0.2, 0.25) is 5.95 Å². The van der Waals surface area contributed by atoms with Crippen LogP contribution in [0.25, 0.3) is 0 Å². The lowest BCUT2D eigenvalue weighted by molar-refractivity contribution is 0.0787. The van der Waals surface area contributed by atoms with Gasteiger partial charge in [-0.05, 0) is 32.0 Å². The Morgan fingerprint density at radius 3 is 2.70 bits per heavy atom. The third kappa shape index (κ3) is 5.78. The summed E-state index contributed by atoms with van der Waals surface area (Å²) >= 11 is 5.88. The summed E-state index contributed by atoms with van der Waals surface area (Å²) in [6.07, 6.45) is 0.692. The topological polar surface area (TPSA) is 105 Å². The van der Waals surface area contributed by atoms with Gasteiger partial charge in [0.1, 0.15) is 11.6 Å². The van der Waals surface area contributed by atoms with E-state index in [9.17, 15) is 9.18 Å². The lowest BCUT2D eigenvalue weighted by Crippen LogP contribution is -2.46. The van der Waals surface area contributed by atoms with E-state index >= 15 is 0 Å². The number of likely N-dealkylation sites (tertiary alicyclic amines) is 1. The summed E-state index contributed by atoms with van der Waals surface area (Å²) in [5.74, 6) is 1.54. The number of nitrogens with zero attached hydrogens (tertiary/aromatic N) is 6. The van der Waals surface area contributed by atoms with Gasteiger partial charge in [0.25, 0.3) is 5.91 Å². The maximum atomic E-state index is 14.4. The molecule has 0 aliphatic carbocycles. The van der Waals surface area contributed by atoms with E-state index in [0.717, 1.165) is 44.2 Å². The average molecular weight is 528 g/mol. The Balaban J connectivity index is 1.32. The van der Waals surface area contributed by atoms with Gasteiger partial charge in [0.05, 0.1) is 10.6 Å². The number of likely N-dealkylation sites (N-methyl/N-ethyl adjacent to an activating group) is 1. The Labute approximate surface area is 220 Å². The molecule has 2 aromatic heterocycles. The van der Waals surface area contributed by atoms with E-state index in [1.165, 1.54) is 12.1 Å². The number of hydrogen-bond acceptors (Lipinski definition) is 8. The fourth-order valence-corrected chi connectivity index (χ4v) is 4.89. The number of anilines is 4. The monoisotopic (exact) mass is 527 g/mol. The molecule has 10 nitrogen and oxygen atoms in total. The zero-order chi connectivity index (χ0) is 25.9. The fourth-order valence-electron chi connectivity index (χ4n) is 4.72. The maximum absolute atomic E-state index is 14.4. The number of aromatic amines is 1. The molecule has 0 spiro atoms. The number of H-pyrrole nitrogens is 1. The summed E-state index contributed by atoms with van der Waals surface area (Å²) < 4.78 is 14.4. The van der Waals surface area contributed by atoms with Gasteiger partial charge in [0.15, 0.2) is 11.6 Å². The van der Waals surface area contributed by atoms with E-state index in [1.807, 2.05) is 19.1 Å². The molecule has 0 bridgehead atoms. The van der Waals surface area contributed by atoms with E-state index in [0.29, 0.717) is 37.1 Å². The highest BCUT2D eigenvalue weighted by Crippen LogP contribution is 2.25. The lowest BCUT2D eigenvalue weighted by Gasteiger charge is -2.35. The molecule has 0 saturated carbocycles. The van der Waals surface area contributed by atoms with Crippen molar-refractivity contribution >= 4 is 40.9 Å². The van der Waals surface area contributed by atoms with Crippen LogP contribution in [0.1, 0.15) is 29.4 Å². The molecule has 1 unspecified atom stereocenters. The van der Waals surface area contributed by atoms with Crippen molar-refractivity contribution in [2.24, 2.45) is 0 Å². The van der Waals surface area contributed by atoms with Crippen molar-refractivity contribution in [3.8, 4) is 0 Å². The predicted molar refractivity (Wildman–Crippen MR) is 142 cm³/mol. The second-order valence-corrected chi connectivity index (χ2v) is 9.81. The van der Waals surface area contributed by atoms with Gasteiger partial charge in [-0.15, -0.1) is 0 Å². The third-order valence-corrected chi connectivity index (χ3v) is 7.10. The number of piperazine rings is 1. The first-order chi connectivity index (χ1) is 17.9. The SMILES string of the molecule is CCN1CCN(c2cc(Nc3cc(C)[nH]n3)nc(NC3CCN(C(=O)c4cccc(Cl)c4F)C3)n2)CC1. The Hall–Kier alpha value is -3.44. The van der Waals surface area contributed by atoms with Crippen molar-refractivity contribution in [1.29, 1.82) is 0 Å². The molecule has 196 valence electrons. The van der Waals surface area contributed by atoms with E-state index in [4.69, 9.17) is 16.6 Å². The first-order valence-electron chi connectivity index (χ1n) is 12.5. The second-order valence-electron chi connectivity index (χ2n) is 9.40. The largest absolute Gasteiger partial charge is 0.354 e. The van der Waals surface area contributed by atoms with E-state index in [-0.39, 0.29) is 22.5 Å². The minimum absolute atomic E-state index is 0.0154. The van der Waals surface area contributed by atoms with Crippen molar-refractivity contribution in [2.75, 3.05) is 61.3 Å². The fraction of sp³-hybridized carbons (Fsp3) is 0.440. The number of aryl methyl sites for hydroxylation is 1. The zero-order valence-electron chi connectivity index (χ0n) is 21.0. The molecule has 1 amide bonds. The molecule has 0 radical (unpaired) electrons. The number of halogens is 2. The summed E-state index contributed by atoms with van der Waals surface area (Å²) in [7, 11) is 0. The first kappa shape index (κ1) is 25.2. The lowest BCUT2D eigenvalue weighted by atomic mass is 10.2. The van der Waals surface area contributed by atoms with Crippen LogP contribution >= 0.6 is 11.6 Å². The van der Waals surface area contributed by atoms with Crippen LogP contribution in [0.5, 0.6) is 0 Å². The van der Waals surface area contributed by atoms with Crippen molar-refractivity contribution in [3.63, 3.8) is 0 Å². The van der Waals surface area contributed by atoms with Crippen molar-refractivity contribution in [3.05, 3.63) is 52.4 Å². The molecule has 1 aromatic carbocycles. The van der Waals surface area contributed by atoms with Crippen LogP contribution in [-0.4, -0.2) is 87.7 Å². The number of rotatable bonds is 7. The second kappa shape index (κ2) is 10.9. The molecule has 37 heavy (non-hydrogen) atoms. The minimum atomic E-state index is -0.686. The van der Waals surface area contributed by atoms with E-state index in [2.05, 4.69) is 42.5 Å². The number of benzene rings is 1. The molecule has 3 aromatic rings. The number of aromatic nitrogens is 4. The smallest absolute Gasteiger partial charge is 0.256 e. The number of hydrogen-bond donors (Lipinski definition) is 3. The molecular weight excluding hydrogens is 497 g/mol. The van der Waals surface area contributed by atoms with Gasteiger partial charge in [-0.1, -0.05) is 24.6 Å². The summed E-state index contributed by atoms with van der Waals surface area (Å²) in [5, 5.41) is 13.8. The minimum Gasteiger partial charge on any atom is -0.354 e. The molecule has 2 fully saturated rings. The van der Waals surface area contributed by atoms with Crippen LogP contribution in [0.3, 0.4) is 0 Å². The standard InChI is InChI=1S/C25H31ClFN9O/c1-3-34-9-11-35(12-10-34)22-14-20(29-21-13-16(2)32-33-21)30-25(31-22)28-17-7-8-36(15-17)24(37)18-5-4-6-19(26)23(18)27/h4-6,13-14,17H,3,7-12,15H2,1-2H3,(H3,28,29,30,31,32,33). The number of amides is 1. The van der Waals surface area contributed by atoms with Crippen LogP contribution in [-0.2, 0) is 0 Å². The van der Waals surface area contributed by atoms with Crippen LogP contribution in [0.2, 0.25) is 5.02 Å². The van der Waals surface area contributed by atoms with Crippen LogP contribution in [0.15, 0.2) is 30.3 Å². The van der Waals surface area contributed by atoms with E-state index < -0.39 is 5.82 Å². The van der Waals surface area contributed by atoms with Crippen molar-refractivity contribution < 1.29 is 9.18 Å². The van der Waals surface area contributed by atoms with Gasteiger partial charge >= 0.3 is 0 Å². The first-order valence-corrected chi connectivity index (χ1v) is 12.9. The highest BCUT2D eigenvalue weighted by atomic mass is 35.5. The summed E-state index contributed by atoms with van der Waals surface area (Å²) in [5.41, 5.74) is 0.927. The molecule has 2 aliphatic heterocycles. The molecule has 2 aliphatic rings. The molecule has 3 N–H and O–H groups in total. The summed E-state index contributed by atoms with van der Waals surface area (Å²) in [4.78, 5) is 28.7. The summed E-state index contributed by atoms with van der Waals surface area (Å²) in [6, 6.07) is 8.25. The normalized spacial score (nSPS) is 18.3. The van der Waals surface area contributed by atoms with Gasteiger partial charge in [0, 0.05) is 63.1 Å². The van der Waals surface area contributed by atoms with Crippen LogP contribution in [0, 0.1) is 12.7 Å². The van der Waals surface area contributed by atoms with E-state index in [1.54, 1.807) is 11.0 Å². The van der Waals surface area contributed by atoms with Gasteiger partial charge in [-0.3, -0.25) is 9.89 Å². The molecule has 2 saturated heterocycles. The van der Waals surface area contributed by atoms with Crippen molar-refractivity contribution in [1.82, 2.24) is 30.0 Å². The number of carbonyl (C=O) groups excluding carboxylic acids is 1. The zero-order valence-corrected chi connectivity index (χ0v) is 21.7. The Kier molecular flexibility index (Phi) is 7.43. The van der Waals surface area contributed by atoms with Crippen LogP contribution in [0.4, 0.5) is 27.8 Å². The Bertz CT molecular complexity index is 1260. The quantitative estimate of drug-likeness (QED) is 0.429. The van der Waals surface area contributed by atoms with Gasteiger partial charge in [-0.25, -0.2) is 4.39 Å². The van der Waals surface area contributed by atoms with Crippen molar-refractivity contribution in [2.45, 2.75) is 26.3 Å². The Morgan fingerprint density at radius 1 is 1.16 bits per heavy atom. The molecule has 12 heteroatoms. The molecule has 4 heterocycles. The highest BCUT2D eigenvalue weighted by Gasteiger charge is 2.29. The van der Waals surface area contributed by atoms with Gasteiger partial charge < -0.3 is 25.3 Å². The van der Waals surface area contributed by atoms with Gasteiger partial charge in [-0.2, -0.15) is 15.1 Å². The maximum Gasteiger partial charge on any atom is 0.256 e. The molecule has 5 rings (SSSR count). The average Bonchev–Trinajstić information content (AvgIpc) is 3.54. The Morgan fingerprint density at radius 2 is 1.97 bits per heavy atom. The number of nitrogens with one attached hydrogen (secondary N) is 3. The highest BCUT2D eigenvalue weighted by molar-refractivity contribution is 6.31. The molecule has 1 atom stereocenters.